The second-order valence-corrected chi connectivity index (χ2v) is 4.64. The van der Waals surface area contributed by atoms with Gasteiger partial charge in [0.05, 0.1) is 10.2 Å². The third-order valence-electron chi connectivity index (χ3n) is 2.88. The number of rotatable bonds is 4. The second kappa shape index (κ2) is 4.96. The molecule has 0 saturated heterocycles. The highest BCUT2D eigenvalue weighted by Gasteiger charge is 2.11. The van der Waals surface area contributed by atoms with E-state index in [0.29, 0.717) is 0 Å². The summed E-state index contributed by atoms with van der Waals surface area (Å²) in [6, 6.07) is 0. The van der Waals surface area contributed by atoms with Crippen LogP contribution < -0.4 is 0 Å². The average molecular weight is 259 g/mol. The van der Waals surface area contributed by atoms with E-state index in [1.54, 1.807) is 0 Å². The molecule has 1 aromatic rings. The Balaban J connectivity index is 2.81. The first-order chi connectivity index (χ1) is 6.60. The first-order valence-electron chi connectivity index (χ1n) is 5.29. The van der Waals surface area contributed by atoms with E-state index in [1.807, 2.05) is 6.92 Å². The number of hydrogen-bond acceptors (Lipinski definition) is 1. The summed E-state index contributed by atoms with van der Waals surface area (Å²) < 4.78 is 3.28. The summed E-state index contributed by atoms with van der Waals surface area (Å²) in [6.07, 6.45) is 2.46. The van der Waals surface area contributed by atoms with Gasteiger partial charge in [-0.05, 0) is 35.7 Å². The lowest BCUT2D eigenvalue weighted by Crippen LogP contribution is -2.11. The van der Waals surface area contributed by atoms with Crippen molar-refractivity contribution in [3.8, 4) is 0 Å². The number of halogens is 1. The van der Waals surface area contributed by atoms with Crippen molar-refractivity contribution in [3.05, 3.63) is 15.9 Å². The van der Waals surface area contributed by atoms with Crippen molar-refractivity contribution in [1.29, 1.82) is 0 Å². The summed E-state index contributed by atoms with van der Waals surface area (Å²) in [6.45, 7) is 9.70. The second-order valence-electron chi connectivity index (χ2n) is 3.85. The van der Waals surface area contributed by atoms with Gasteiger partial charge in [-0.15, -0.1) is 0 Å². The Labute approximate surface area is 94.8 Å². The van der Waals surface area contributed by atoms with Gasteiger partial charge in [0, 0.05) is 12.2 Å². The summed E-state index contributed by atoms with van der Waals surface area (Å²) in [5, 5.41) is 4.52. The summed E-state index contributed by atoms with van der Waals surface area (Å²) in [5.74, 6) is 0.750. The quantitative estimate of drug-likeness (QED) is 0.806. The van der Waals surface area contributed by atoms with Crippen LogP contribution >= 0.6 is 15.9 Å². The van der Waals surface area contributed by atoms with E-state index in [9.17, 15) is 0 Å². The van der Waals surface area contributed by atoms with Crippen molar-refractivity contribution in [1.82, 2.24) is 9.78 Å². The van der Waals surface area contributed by atoms with Gasteiger partial charge in [-0.2, -0.15) is 5.10 Å². The van der Waals surface area contributed by atoms with Crippen LogP contribution in [0.5, 0.6) is 0 Å². The van der Waals surface area contributed by atoms with E-state index >= 15 is 0 Å². The molecule has 0 N–H and O–H groups in total. The van der Waals surface area contributed by atoms with Crippen molar-refractivity contribution < 1.29 is 0 Å². The number of hydrogen-bond donors (Lipinski definition) is 0. The molecule has 0 unspecified atom stereocenters. The molecule has 3 heteroatoms. The van der Waals surface area contributed by atoms with Gasteiger partial charge in [0.15, 0.2) is 0 Å². The largest absolute Gasteiger partial charge is 0.268 e. The van der Waals surface area contributed by atoms with Crippen LogP contribution in [-0.4, -0.2) is 9.78 Å². The van der Waals surface area contributed by atoms with Crippen LogP contribution in [0.2, 0.25) is 0 Å². The molecule has 80 valence electrons. The van der Waals surface area contributed by atoms with E-state index in [0.717, 1.165) is 22.6 Å². The maximum Gasteiger partial charge on any atom is 0.0738 e. The lowest BCUT2D eigenvalue weighted by atomic mass is 10.0. The van der Waals surface area contributed by atoms with Crippen LogP contribution in [0.1, 0.15) is 38.1 Å². The molecule has 0 aliphatic rings. The summed E-state index contributed by atoms with van der Waals surface area (Å²) in [5.41, 5.74) is 2.34. The maximum atomic E-state index is 4.52. The minimum Gasteiger partial charge on any atom is -0.268 e. The molecule has 1 rings (SSSR count). The molecule has 1 heterocycles. The minimum atomic E-state index is 0.750. The van der Waals surface area contributed by atoms with Gasteiger partial charge in [-0.25, -0.2) is 0 Å². The zero-order chi connectivity index (χ0) is 10.7. The topological polar surface area (TPSA) is 17.8 Å². The van der Waals surface area contributed by atoms with Crippen molar-refractivity contribution in [3.63, 3.8) is 0 Å². The Morgan fingerprint density at radius 3 is 2.21 bits per heavy atom. The highest BCUT2D eigenvalue weighted by atomic mass is 79.9. The van der Waals surface area contributed by atoms with Crippen LogP contribution in [0.3, 0.4) is 0 Å². The highest BCUT2D eigenvalue weighted by molar-refractivity contribution is 9.10. The highest BCUT2D eigenvalue weighted by Crippen LogP contribution is 2.21. The molecule has 0 atom stereocenters. The van der Waals surface area contributed by atoms with E-state index in [1.165, 1.54) is 18.5 Å². The van der Waals surface area contributed by atoms with Crippen molar-refractivity contribution >= 4 is 15.9 Å². The standard InChI is InChI=1S/C11H19BrN2/c1-5-10(6-2)7-14-9(4)11(12)8(3)13-14/h10H,5-7H2,1-4H3. The molecular formula is C11H19BrN2. The summed E-state index contributed by atoms with van der Waals surface area (Å²) >= 11 is 3.55. The maximum absolute atomic E-state index is 4.52. The first kappa shape index (κ1) is 11.8. The molecule has 0 saturated carbocycles. The third-order valence-corrected chi connectivity index (χ3v) is 4.03. The molecule has 0 amide bonds. The molecule has 0 bridgehead atoms. The molecular weight excluding hydrogens is 240 g/mol. The van der Waals surface area contributed by atoms with Gasteiger partial charge in [0.1, 0.15) is 0 Å². The van der Waals surface area contributed by atoms with Crippen molar-refractivity contribution in [2.45, 2.75) is 47.1 Å². The van der Waals surface area contributed by atoms with E-state index in [-0.39, 0.29) is 0 Å². The van der Waals surface area contributed by atoms with Gasteiger partial charge >= 0.3 is 0 Å². The van der Waals surface area contributed by atoms with Gasteiger partial charge in [-0.3, -0.25) is 4.68 Å². The lowest BCUT2D eigenvalue weighted by molar-refractivity contribution is 0.390. The zero-order valence-corrected chi connectivity index (χ0v) is 11.1. The Morgan fingerprint density at radius 1 is 1.29 bits per heavy atom. The van der Waals surface area contributed by atoms with Crippen LogP contribution in [0, 0.1) is 19.8 Å². The fraction of sp³-hybridized carbons (Fsp3) is 0.727. The molecule has 0 aromatic carbocycles. The van der Waals surface area contributed by atoms with E-state index in [4.69, 9.17) is 0 Å². The predicted octanol–water partition coefficient (Wildman–Crippen LogP) is 3.70. The first-order valence-corrected chi connectivity index (χ1v) is 6.08. The molecule has 1 aromatic heterocycles. The number of aryl methyl sites for hydroxylation is 1. The Bertz CT molecular complexity index is 300. The Hall–Kier alpha value is -0.310. The Kier molecular flexibility index (Phi) is 4.17. The Morgan fingerprint density at radius 2 is 1.86 bits per heavy atom. The lowest BCUT2D eigenvalue weighted by Gasteiger charge is -2.13. The van der Waals surface area contributed by atoms with Gasteiger partial charge < -0.3 is 0 Å². The molecule has 0 aliphatic carbocycles. The van der Waals surface area contributed by atoms with Crippen LogP contribution in [-0.2, 0) is 6.54 Å². The summed E-state index contributed by atoms with van der Waals surface area (Å²) in [4.78, 5) is 0. The van der Waals surface area contributed by atoms with Crippen LogP contribution in [0.25, 0.3) is 0 Å². The molecule has 0 radical (unpaired) electrons. The van der Waals surface area contributed by atoms with Gasteiger partial charge in [-0.1, -0.05) is 26.7 Å². The molecule has 0 aliphatic heterocycles. The van der Waals surface area contributed by atoms with Crippen molar-refractivity contribution in [2.24, 2.45) is 5.92 Å². The molecule has 14 heavy (non-hydrogen) atoms. The van der Waals surface area contributed by atoms with Gasteiger partial charge in [0.2, 0.25) is 0 Å². The van der Waals surface area contributed by atoms with E-state index < -0.39 is 0 Å². The van der Waals surface area contributed by atoms with Gasteiger partial charge in [0.25, 0.3) is 0 Å². The van der Waals surface area contributed by atoms with E-state index in [2.05, 4.69) is 46.5 Å². The fourth-order valence-electron chi connectivity index (χ4n) is 1.64. The SMILES string of the molecule is CCC(CC)Cn1nc(C)c(Br)c1C. The summed E-state index contributed by atoms with van der Waals surface area (Å²) in [7, 11) is 0. The number of aromatic nitrogens is 2. The number of nitrogens with zero attached hydrogens (tertiary/aromatic N) is 2. The van der Waals surface area contributed by atoms with Crippen LogP contribution in [0.15, 0.2) is 4.47 Å². The molecule has 0 spiro atoms. The monoisotopic (exact) mass is 258 g/mol. The van der Waals surface area contributed by atoms with Crippen molar-refractivity contribution in [2.75, 3.05) is 0 Å². The van der Waals surface area contributed by atoms with Crippen LogP contribution in [0.4, 0.5) is 0 Å². The minimum absolute atomic E-state index is 0.750. The molecule has 2 nitrogen and oxygen atoms in total. The fourth-order valence-corrected chi connectivity index (χ4v) is 1.93. The molecule has 0 fully saturated rings. The smallest absolute Gasteiger partial charge is 0.0738 e. The predicted molar refractivity (Wildman–Crippen MR) is 63.5 cm³/mol. The normalized spacial score (nSPS) is 11.3. The average Bonchev–Trinajstić information content (AvgIpc) is 2.42. The zero-order valence-electron chi connectivity index (χ0n) is 9.47. The third kappa shape index (κ3) is 2.38.